The van der Waals surface area contributed by atoms with E-state index in [1.165, 1.54) is 32.1 Å². The van der Waals surface area contributed by atoms with E-state index in [1.807, 2.05) is 48.6 Å². The summed E-state index contributed by atoms with van der Waals surface area (Å²) in [6, 6.07) is 9.82. The maximum atomic E-state index is 10.2. The van der Waals surface area contributed by atoms with Gasteiger partial charge in [-0.1, -0.05) is 81.5 Å². The Labute approximate surface area is 140 Å². The lowest BCUT2D eigenvalue weighted by molar-refractivity contribution is 0.251. The van der Waals surface area contributed by atoms with Crippen LogP contribution in [-0.2, 0) is 0 Å². The summed E-state index contributed by atoms with van der Waals surface area (Å²) in [5, 5.41) is 10.2. The fourth-order valence-electron chi connectivity index (χ4n) is 2.74. The first-order chi connectivity index (χ1) is 11.3. The minimum absolute atomic E-state index is 0.571. The van der Waals surface area contributed by atoms with Gasteiger partial charge in [-0.05, 0) is 18.6 Å². The Bertz CT molecular complexity index is 540. The third-order valence-corrected chi connectivity index (χ3v) is 4.06. The second-order valence-electron chi connectivity index (χ2n) is 6.00. The van der Waals surface area contributed by atoms with Crippen molar-refractivity contribution in [1.29, 1.82) is 0 Å². The number of rotatable bonds is 9. The molecule has 0 fully saturated rings. The second-order valence-corrected chi connectivity index (χ2v) is 6.00. The zero-order chi connectivity index (χ0) is 16.3. The lowest BCUT2D eigenvalue weighted by Gasteiger charge is -2.18. The first-order valence-electron chi connectivity index (χ1n) is 8.80. The molecule has 1 N–H and O–H groups in total. The molecule has 0 heterocycles. The average Bonchev–Trinajstić information content (AvgIpc) is 2.58. The Morgan fingerprint density at radius 2 is 1.74 bits per heavy atom. The van der Waals surface area contributed by atoms with E-state index >= 15 is 0 Å². The van der Waals surface area contributed by atoms with Gasteiger partial charge in [-0.2, -0.15) is 0 Å². The molecule has 0 aliphatic heterocycles. The van der Waals surface area contributed by atoms with Crippen molar-refractivity contribution < 1.29 is 9.84 Å². The van der Waals surface area contributed by atoms with E-state index in [9.17, 15) is 5.11 Å². The molecule has 0 saturated carbocycles. The van der Waals surface area contributed by atoms with E-state index in [4.69, 9.17) is 4.74 Å². The summed E-state index contributed by atoms with van der Waals surface area (Å²) in [7, 11) is 0. The number of allylic oxidation sites excluding steroid dienone is 3. The Hall–Kier alpha value is -1.80. The van der Waals surface area contributed by atoms with Gasteiger partial charge in [0.25, 0.3) is 0 Å². The summed E-state index contributed by atoms with van der Waals surface area (Å²) in [4.78, 5) is 0. The third-order valence-electron chi connectivity index (χ3n) is 4.06. The average molecular weight is 312 g/mol. The standard InChI is InChI=1S/C21H28O2/c1-2-3-4-5-6-10-17-21(19-15-11-12-16-20(19)22)23-18-13-8-7-9-14-18/h7-9,11-16,20,22H,2-6,10,17H2,1H3. The molecule has 0 saturated heterocycles. The molecule has 0 spiro atoms. The lowest BCUT2D eigenvalue weighted by atomic mass is 10.00. The Kier molecular flexibility index (Phi) is 7.68. The quantitative estimate of drug-likeness (QED) is 0.478. The molecule has 2 heteroatoms. The van der Waals surface area contributed by atoms with Crippen molar-refractivity contribution in [1.82, 2.24) is 0 Å². The summed E-state index contributed by atoms with van der Waals surface area (Å²) in [6.07, 6.45) is 15.4. The van der Waals surface area contributed by atoms with Crippen molar-refractivity contribution in [3.05, 3.63) is 66.0 Å². The summed E-state index contributed by atoms with van der Waals surface area (Å²) in [5.41, 5.74) is 0.880. The van der Waals surface area contributed by atoms with E-state index < -0.39 is 6.10 Å². The van der Waals surface area contributed by atoms with E-state index in [0.717, 1.165) is 29.9 Å². The van der Waals surface area contributed by atoms with Gasteiger partial charge in [0.2, 0.25) is 0 Å². The number of benzene rings is 1. The Balaban J connectivity index is 1.99. The minimum Gasteiger partial charge on any atom is -0.461 e. The topological polar surface area (TPSA) is 29.5 Å². The molecule has 0 amide bonds. The Morgan fingerprint density at radius 1 is 1.00 bits per heavy atom. The number of aliphatic hydroxyl groups excluding tert-OH is 1. The van der Waals surface area contributed by atoms with Crippen LogP contribution in [-0.4, -0.2) is 11.2 Å². The van der Waals surface area contributed by atoms with E-state index in [1.54, 1.807) is 6.08 Å². The maximum Gasteiger partial charge on any atom is 0.126 e. The molecule has 0 bridgehead atoms. The van der Waals surface area contributed by atoms with Gasteiger partial charge < -0.3 is 9.84 Å². The van der Waals surface area contributed by atoms with Crippen LogP contribution in [0.5, 0.6) is 5.75 Å². The fraction of sp³-hybridized carbons (Fsp3) is 0.429. The lowest BCUT2D eigenvalue weighted by Crippen LogP contribution is -2.13. The van der Waals surface area contributed by atoms with Gasteiger partial charge in [0.1, 0.15) is 17.6 Å². The molecule has 0 radical (unpaired) electrons. The van der Waals surface area contributed by atoms with Crippen LogP contribution >= 0.6 is 0 Å². The molecule has 23 heavy (non-hydrogen) atoms. The normalized spacial score (nSPS) is 19.0. The first kappa shape index (κ1) is 17.6. The van der Waals surface area contributed by atoms with Crippen LogP contribution in [0.1, 0.15) is 51.9 Å². The van der Waals surface area contributed by atoms with Gasteiger partial charge in [0.15, 0.2) is 0 Å². The summed E-state index contributed by atoms with van der Waals surface area (Å²) >= 11 is 0. The fourth-order valence-corrected chi connectivity index (χ4v) is 2.74. The third kappa shape index (κ3) is 6.07. The summed E-state index contributed by atoms with van der Waals surface area (Å²) in [6.45, 7) is 2.24. The monoisotopic (exact) mass is 312 g/mol. The molecule has 2 nitrogen and oxygen atoms in total. The molecular weight excluding hydrogens is 284 g/mol. The highest BCUT2D eigenvalue weighted by Crippen LogP contribution is 2.25. The van der Waals surface area contributed by atoms with Crippen molar-refractivity contribution >= 4 is 0 Å². The van der Waals surface area contributed by atoms with Crippen LogP contribution in [0.25, 0.3) is 0 Å². The number of ether oxygens (including phenoxy) is 1. The smallest absolute Gasteiger partial charge is 0.126 e. The van der Waals surface area contributed by atoms with Crippen LogP contribution in [0, 0.1) is 0 Å². The van der Waals surface area contributed by atoms with E-state index in [0.29, 0.717) is 0 Å². The minimum atomic E-state index is -0.571. The zero-order valence-corrected chi connectivity index (χ0v) is 14.1. The van der Waals surface area contributed by atoms with Crippen LogP contribution in [0.2, 0.25) is 0 Å². The van der Waals surface area contributed by atoms with Crippen molar-refractivity contribution in [3.8, 4) is 5.75 Å². The molecule has 1 aliphatic rings. The molecular formula is C21H28O2. The number of para-hydroxylation sites is 1. The number of hydrogen-bond donors (Lipinski definition) is 1. The largest absolute Gasteiger partial charge is 0.461 e. The van der Waals surface area contributed by atoms with Gasteiger partial charge in [-0.15, -0.1) is 0 Å². The van der Waals surface area contributed by atoms with Gasteiger partial charge >= 0.3 is 0 Å². The molecule has 124 valence electrons. The van der Waals surface area contributed by atoms with Gasteiger partial charge in [0, 0.05) is 12.0 Å². The molecule has 1 unspecified atom stereocenters. The van der Waals surface area contributed by atoms with E-state index in [-0.39, 0.29) is 0 Å². The highest BCUT2D eigenvalue weighted by molar-refractivity contribution is 5.38. The molecule has 1 aromatic carbocycles. The van der Waals surface area contributed by atoms with Crippen molar-refractivity contribution in [2.75, 3.05) is 0 Å². The van der Waals surface area contributed by atoms with Crippen LogP contribution < -0.4 is 4.74 Å². The maximum absolute atomic E-state index is 10.2. The molecule has 0 aromatic heterocycles. The van der Waals surface area contributed by atoms with Crippen LogP contribution in [0.15, 0.2) is 66.0 Å². The number of unbranched alkanes of at least 4 members (excludes halogenated alkanes) is 5. The number of aliphatic hydroxyl groups is 1. The zero-order valence-electron chi connectivity index (χ0n) is 14.1. The highest BCUT2D eigenvalue weighted by Gasteiger charge is 2.15. The van der Waals surface area contributed by atoms with Gasteiger partial charge in [-0.25, -0.2) is 0 Å². The van der Waals surface area contributed by atoms with Gasteiger partial charge in [-0.3, -0.25) is 0 Å². The summed E-state index contributed by atoms with van der Waals surface area (Å²) in [5.74, 6) is 1.72. The predicted molar refractivity (Wildman–Crippen MR) is 96.4 cm³/mol. The predicted octanol–water partition coefficient (Wildman–Crippen LogP) is 5.56. The SMILES string of the molecule is CCCCCCCCC(Oc1ccccc1)=C1C=CC=CC1O. The van der Waals surface area contributed by atoms with Crippen molar-refractivity contribution in [3.63, 3.8) is 0 Å². The molecule has 1 aliphatic carbocycles. The highest BCUT2D eigenvalue weighted by atomic mass is 16.5. The molecule has 1 atom stereocenters. The van der Waals surface area contributed by atoms with Crippen LogP contribution in [0.3, 0.4) is 0 Å². The number of hydrogen-bond acceptors (Lipinski definition) is 2. The van der Waals surface area contributed by atoms with E-state index in [2.05, 4.69) is 6.92 Å². The summed E-state index contributed by atoms with van der Waals surface area (Å²) < 4.78 is 6.09. The molecule has 2 rings (SSSR count). The first-order valence-corrected chi connectivity index (χ1v) is 8.80. The van der Waals surface area contributed by atoms with Crippen LogP contribution in [0.4, 0.5) is 0 Å². The van der Waals surface area contributed by atoms with Gasteiger partial charge in [0.05, 0.1) is 0 Å². The Morgan fingerprint density at radius 3 is 2.48 bits per heavy atom. The molecule has 1 aromatic rings. The second kappa shape index (κ2) is 10.1. The van der Waals surface area contributed by atoms with Crippen molar-refractivity contribution in [2.24, 2.45) is 0 Å². The van der Waals surface area contributed by atoms with Crippen molar-refractivity contribution in [2.45, 2.75) is 58.0 Å².